The van der Waals surface area contributed by atoms with Gasteiger partial charge in [-0.05, 0) is 25.7 Å². The number of likely N-dealkylation sites (tertiary alicyclic amines) is 1. The second kappa shape index (κ2) is 7.14. The first-order valence-electron chi connectivity index (χ1n) is 6.86. The molecule has 2 heterocycles. The van der Waals surface area contributed by atoms with Crippen LogP contribution in [0.4, 0.5) is 0 Å². The third-order valence-electron chi connectivity index (χ3n) is 3.69. The van der Waals surface area contributed by atoms with Crippen LogP contribution in [0.25, 0.3) is 0 Å². The quantitative estimate of drug-likeness (QED) is 0.823. The zero-order valence-electron chi connectivity index (χ0n) is 11.0. The minimum Gasteiger partial charge on any atom is -0.481 e. The van der Waals surface area contributed by atoms with Crippen molar-refractivity contribution in [2.24, 2.45) is 5.92 Å². The van der Waals surface area contributed by atoms with Gasteiger partial charge in [-0.25, -0.2) is 0 Å². The smallest absolute Gasteiger partial charge is 0.308 e. The molecule has 2 atom stereocenters. The second-order valence-corrected chi connectivity index (χ2v) is 6.20. The molecular formula is C13H21NO4S. The molecular weight excluding hydrogens is 266 g/mol. The van der Waals surface area contributed by atoms with E-state index in [1.165, 1.54) is 6.42 Å². The summed E-state index contributed by atoms with van der Waals surface area (Å²) in [5, 5.41) is 8.90. The number of carbonyl (C=O) groups is 2. The highest BCUT2D eigenvalue weighted by atomic mass is 32.2. The number of thioether (sulfide) groups is 1. The third kappa shape index (κ3) is 4.38. The van der Waals surface area contributed by atoms with Gasteiger partial charge in [0, 0.05) is 25.4 Å². The van der Waals surface area contributed by atoms with Gasteiger partial charge < -0.3 is 14.7 Å². The van der Waals surface area contributed by atoms with Crippen LogP contribution < -0.4 is 0 Å². The van der Waals surface area contributed by atoms with E-state index in [9.17, 15) is 9.59 Å². The minimum absolute atomic E-state index is 0.0598. The number of carboxylic acids is 1. The maximum Gasteiger partial charge on any atom is 0.308 e. The molecule has 1 N–H and O–H groups in total. The van der Waals surface area contributed by atoms with E-state index in [2.05, 4.69) is 0 Å². The van der Waals surface area contributed by atoms with Crippen molar-refractivity contribution in [1.29, 1.82) is 0 Å². The van der Waals surface area contributed by atoms with Gasteiger partial charge in [-0.3, -0.25) is 9.59 Å². The number of hydrogen-bond acceptors (Lipinski definition) is 4. The minimum atomic E-state index is -0.793. The lowest BCUT2D eigenvalue weighted by Gasteiger charge is -2.22. The fraction of sp³-hybridized carbons (Fsp3) is 0.846. The Balaban J connectivity index is 1.63. The van der Waals surface area contributed by atoms with Crippen molar-refractivity contribution in [2.45, 2.75) is 31.8 Å². The first kappa shape index (κ1) is 14.7. The normalized spacial score (nSPS) is 27.5. The number of ether oxygens (including phenoxy) is 1. The van der Waals surface area contributed by atoms with E-state index in [1.807, 2.05) is 0 Å². The summed E-state index contributed by atoms with van der Waals surface area (Å²) in [6.45, 7) is 1.79. The molecule has 0 aromatic rings. The van der Waals surface area contributed by atoms with Crippen molar-refractivity contribution in [2.75, 3.05) is 31.2 Å². The fourth-order valence-electron chi connectivity index (χ4n) is 2.50. The zero-order chi connectivity index (χ0) is 13.7. The van der Waals surface area contributed by atoms with Crippen molar-refractivity contribution >= 4 is 23.6 Å². The first-order valence-corrected chi connectivity index (χ1v) is 8.02. The molecule has 5 nitrogen and oxygen atoms in total. The molecule has 0 aromatic heterocycles. The van der Waals surface area contributed by atoms with E-state index in [0.717, 1.165) is 25.2 Å². The molecule has 2 unspecified atom stereocenters. The highest BCUT2D eigenvalue weighted by molar-refractivity contribution is 7.99. The molecule has 0 radical (unpaired) electrons. The largest absolute Gasteiger partial charge is 0.481 e. The van der Waals surface area contributed by atoms with Gasteiger partial charge in [0.25, 0.3) is 0 Å². The molecule has 0 aromatic carbocycles. The lowest BCUT2D eigenvalue weighted by Crippen LogP contribution is -2.32. The number of nitrogens with zero attached hydrogens (tertiary/aromatic N) is 1. The van der Waals surface area contributed by atoms with Crippen LogP contribution in [-0.2, 0) is 14.3 Å². The SMILES string of the molecule is O=C(O)C1CCN(C(=O)CSCC2CCCCO2)C1. The lowest BCUT2D eigenvalue weighted by molar-refractivity contribution is -0.141. The van der Waals surface area contributed by atoms with Crippen molar-refractivity contribution in [3.63, 3.8) is 0 Å². The van der Waals surface area contributed by atoms with Gasteiger partial charge in [0.1, 0.15) is 0 Å². The van der Waals surface area contributed by atoms with E-state index in [4.69, 9.17) is 9.84 Å². The Kier molecular flexibility index (Phi) is 5.51. The molecule has 0 aliphatic carbocycles. The fourth-order valence-corrected chi connectivity index (χ4v) is 3.50. The maximum absolute atomic E-state index is 11.9. The molecule has 6 heteroatoms. The third-order valence-corrected chi connectivity index (χ3v) is 4.75. The van der Waals surface area contributed by atoms with Crippen molar-refractivity contribution in [3.8, 4) is 0 Å². The summed E-state index contributed by atoms with van der Waals surface area (Å²) >= 11 is 1.60. The average molecular weight is 287 g/mol. The highest BCUT2D eigenvalue weighted by Crippen LogP contribution is 2.20. The number of aliphatic carboxylic acids is 1. The summed E-state index contributed by atoms with van der Waals surface area (Å²) in [5.74, 6) is 0.187. The van der Waals surface area contributed by atoms with E-state index in [1.54, 1.807) is 16.7 Å². The van der Waals surface area contributed by atoms with Gasteiger partial charge in [-0.15, -0.1) is 11.8 Å². The van der Waals surface area contributed by atoms with E-state index < -0.39 is 5.97 Å². The monoisotopic (exact) mass is 287 g/mol. The molecule has 2 saturated heterocycles. The van der Waals surface area contributed by atoms with Gasteiger partial charge >= 0.3 is 5.97 Å². The molecule has 1 amide bonds. The van der Waals surface area contributed by atoms with Crippen LogP contribution in [0.2, 0.25) is 0 Å². The van der Waals surface area contributed by atoms with Gasteiger partial charge in [-0.1, -0.05) is 0 Å². The summed E-state index contributed by atoms with van der Waals surface area (Å²) in [6, 6.07) is 0. The Morgan fingerprint density at radius 3 is 2.79 bits per heavy atom. The molecule has 2 aliphatic rings. The molecule has 108 valence electrons. The second-order valence-electron chi connectivity index (χ2n) is 5.17. The number of rotatable bonds is 5. The Morgan fingerprint density at radius 1 is 1.32 bits per heavy atom. The van der Waals surface area contributed by atoms with Crippen LogP contribution in [0.15, 0.2) is 0 Å². The Hall–Kier alpha value is -0.750. The van der Waals surface area contributed by atoms with Crippen LogP contribution in [0, 0.1) is 5.92 Å². The molecule has 19 heavy (non-hydrogen) atoms. The summed E-state index contributed by atoms with van der Waals surface area (Å²) < 4.78 is 5.61. The van der Waals surface area contributed by atoms with Crippen molar-refractivity contribution in [3.05, 3.63) is 0 Å². The highest BCUT2D eigenvalue weighted by Gasteiger charge is 2.30. The molecule has 2 fully saturated rings. The van der Waals surface area contributed by atoms with Gasteiger partial charge in [-0.2, -0.15) is 0 Å². The zero-order valence-corrected chi connectivity index (χ0v) is 11.9. The first-order chi connectivity index (χ1) is 9.16. The maximum atomic E-state index is 11.9. The summed E-state index contributed by atoms with van der Waals surface area (Å²) in [6.07, 6.45) is 4.32. The predicted molar refractivity (Wildman–Crippen MR) is 73.2 cm³/mol. The Labute approximate surface area is 117 Å². The Bertz CT molecular complexity index is 331. The number of carbonyl (C=O) groups excluding carboxylic acids is 1. The van der Waals surface area contributed by atoms with E-state index in [-0.39, 0.29) is 17.9 Å². The number of amides is 1. The molecule has 2 rings (SSSR count). The Morgan fingerprint density at radius 2 is 2.16 bits per heavy atom. The number of hydrogen-bond donors (Lipinski definition) is 1. The molecule has 2 aliphatic heterocycles. The predicted octanol–water partition coefficient (Wildman–Crippen LogP) is 1.22. The summed E-state index contributed by atoms with van der Waals surface area (Å²) in [7, 11) is 0. The molecule has 0 saturated carbocycles. The average Bonchev–Trinajstić information content (AvgIpc) is 2.89. The van der Waals surface area contributed by atoms with E-state index >= 15 is 0 Å². The molecule has 0 spiro atoms. The van der Waals surface area contributed by atoms with Crippen LogP contribution in [0.3, 0.4) is 0 Å². The van der Waals surface area contributed by atoms with Gasteiger partial charge in [0.15, 0.2) is 0 Å². The van der Waals surface area contributed by atoms with Crippen molar-refractivity contribution in [1.82, 2.24) is 4.90 Å². The molecule has 0 bridgehead atoms. The van der Waals surface area contributed by atoms with Crippen LogP contribution in [0.5, 0.6) is 0 Å². The van der Waals surface area contributed by atoms with Gasteiger partial charge in [0.05, 0.1) is 17.8 Å². The summed E-state index contributed by atoms with van der Waals surface area (Å²) in [4.78, 5) is 24.4. The summed E-state index contributed by atoms with van der Waals surface area (Å²) in [5.41, 5.74) is 0. The van der Waals surface area contributed by atoms with Crippen LogP contribution >= 0.6 is 11.8 Å². The standard InChI is InChI=1S/C13H21NO4S/c15-12(14-5-4-10(7-14)13(16)17)9-19-8-11-3-1-2-6-18-11/h10-11H,1-9H2,(H,16,17). The number of carboxylic acid groups (broad SMARTS) is 1. The topological polar surface area (TPSA) is 66.8 Å². The van der Waals surface area contributed by atoms with Crippen LogP contribution in [-0.4, -0.2) is 59.2 Å². The van der Waals surface area contributed by atoms with Crippen LogP contribution in [0.1, 0.15) is 25.7 Å². The lowest BCUT2D eigenvalue weighted by atomic mass is 10.1. The van der Waals surface area contributed by atoms with Crippen molar-refractivity contribution < 1.29 is 19.4 Å². The van der Waals surface area contributed by atoms with Gasteiger partial charge in [0.2, 0.25) is 5.91 Å². The van der Waals surface area contributed by atoms with E-state index in [0.29, 0.717) is 25.3 Å².